The van der Waals surface area contributed by atoms with Crippen molar-refractivity contribution in [1.29, 1.82) is 0 Å². The predicted octanol–water partition coefficient (Wildman–Crippen LogP) is 4.42. The van der Waals surface area contributed by atoms with Crippen LogP contribution < -0.4 is 10.6 Å². The summed E-state index contributed by atoms with van der Waals surface area (Å²) in [5.74, 6) is 0. The van der Waals surface area contributed by atoms with Crippen LogP contribution in [0.5, 0.6) is 0 Å². The van der Waals surface area contributed by atoms with Gasteiger partial charge in [-0.2, -0.15) is 0 Å². The molecule has 22 heavy (non-hydrogen) atoms. The maximum Gasteiger partial charge on any atom is 0.407 e. The fourth-order valence-corrected chi connectivity index (χ4v) is 2.23. The van der Waals surface area contributed by atoms with E-state index in [0.29, 0.717) is 23.1 Å². The molecule has 0 aliphatic carbocycles. The highest BCUT2D eigenvalue weighted by atomic mass is 35.5. The van der Waals surface area contributed by atoms with E-state index >= 15 is 0 Å². The number of carbonyl (C=O) groups excluding carboxylic acids is 1. The normalized spacial score (nSPS) is 10.8. The molecule has 0 atom stereocenters. The van der Waals surface area contributed by atoms with Crippen LogP contribution >= 0.6 is 35.6 Å². The Morgan fingerprint density at radius 2 is 1.73 bits per heavy atom. The number of amides is 1. The summed E-state index contributed by atoms with van der Waals surface area (Å²) in [7, 11) is 0. The molecule has 0 heterocycles. The van der Waals surface area contributed by atoms with Gasteiger partial charge in [-0.15, -0.1) is 12.4 Å². The lowest BCUT2D eigenvalue weighted by Gasteiger charge is -2.19. The van der Waals surface area contributed by atoms with Crippen LogP contribution in [0.15, 0.2) is 18.2 Å². The van der Waals surface area contributed by atoms with Gasteiger partial charge in [-0.3, -0.25) is 0 Å². The van der Waals surface area contributed by atoms with E-state index in [9.17, 15) is 4.79 Å². The number of halogens is 3. The van der Waals surface area contributed by atoms with Crippen molar-refractivity contribution in [3.63, 3.8) is 0 Å². The largest absolute Gasteiger partial charge is 0.444 e. The molecule has 1 aromatic carbocycles. The fraction of sp³-hybridized carbons (Fsp3) is 0.533. The highest BCUT2D eigenvalue weighted by molar-refractivity contribution is 6.34. The number of ether oxygens (including phenoxy) is 1. The second-order valence-electron chi connectivity index (χ2n) is 5.74. The fourth-order valence-electron chi connectivity index (χ4n) is 1.66. The number of hydrogen-bond acceptors (Lipinski definition) is 3. The van der Waals surface area contributed by atoms with Gasteiger partial charge in [0.25, 0.3) is 0 Å². The van der Waals surface area contributed by atoms with E-state index < -0.39 is 5.60 Å². The Balaban J connectivity index is 0.00000441. The van der Waals surface area contributed by atoms with Crippen LogP contribution in [-0.4, -0.2) is 24.8 Å². The van der Waals surface area contributed by atoms with Gasteiger partial charge < -0.3 is 15.4 Å². The Morgan fingerprint density at radius 1 is 1.14 bits per heavy atom. The summed E-state index contributed by atoms with van der Waals surface area (Å²) >= 11 is 11.9. The summed E-state index contributed by atoms with van der Waals surface area (Å²) < 4.78 is 5.14. The Labute approximate surface area is 148 Å². The first kappa shape index (κ1) is 21.3. The van der Waals surface area contributed by atoms with Gasteiger partial charge in [0.15, 0.2) is 0 Å². The molecule has 1 rings (SSSR count). The number of benzene rings is 1. The van der Waals surface area contributed by atoms with E-state index in [4.69, 9.17) is 27.9 Å². The van der Waals surface area contributed by atoms with Gasteiger partial charge in [-0.25, -0.2) is 4.79 Å². The van der Waals surface area contributed by atoms with Gasteiger partial charge >= 0.3 is 6.09 Å². The van der Waals surface area contributed by atoms with E-state index in [2.05, 4.69) is 10.6 Å². The number of carbonyl (C=O) groups is 1. The average molecular weight is 370 g/mol. The van der Waals surface area contributed by atoms with Crippen LogP contribution in [0.4, 0.5) is 4.79 Å². The third-order valence-corrected chi connectivity index (χ3v) is 2.89. The minimum atomic E-state index is -0.464. The van der Waals surface area contributed by atoms with Gasteiger partial charge in [-0.05, 0) is 57.5 Å². The SMILES string of the molecule is CC(C)(C)OC(=O)NCCCNCc1cc(Cl)cc(Cl)c1.Cl. The molecule has 0 bridgehead atoms. The first-order valence-electron chi connectivity index (χ1n) is 6.89. The number of alkyl carbamates (subject to hydrolysis) is 1. The van der Waals surface area contributed by atoms with Crippen molar-refractivity contribution in [1.82, 2.24) is 10.6 Å². The average Bonchev–Trinajstić information content (AvgIpc) is 2.30. The van der Waals surface area contributed by atoms with Gasteiger partial charge in [0, 0.05) is 23.1 Å². The lowest BCUT2D eigenvalue weighted by Crippen LogP contribution is -2.33. The zero-order valence-electron chi connectivity index (χ0n) is 13.0. The predicted molar refractivity (Wildman–Crippen MR) is 94.3 cm³/mol. The number of nitrogens with one attached hydrogen (secondary N) is 2. The molecule has 0 saturated heterocycles. The molecule has 4 nitrogen and oxygen atoms in total. The molecule has 0 saturated carbocycles. The zero-order chi connectivity index (χ0) is 15.9. The molecule has 0 unspecified atom stereocenters. The van der Waals surface area contributed by atoms with E-state index in [1.54, 1.807) is 6.07 Å². The minimum absolute atomic E-state index is 0. The quantitative estimate of drug-likeness (QED) is 0.730. The monoisotopic (exact) mass is 368 g/mol. The molecule has 0 spiro atoms. The summed E-state index contributed by atoms with van der Waals surface area (Å²) in [6.07, 6.45) is 0.428. The van der Waals surface area contributed by atoms with Gasteiger partial charge in [0.1, 0.15) is 5.60 Å². The lowest BCUT2D eigenvalue weighted by atomic mass is 10.2. The van der Waals surface area contributed by atoms with Crippen LogP contribution in [-0.2, 0) is 11.3 Å². The first-order chi connectivity index (χ1) is 9.76. The topological polar surface area (TPSA) is 50.4 Å². The summed E-state index contributed by atoms with van der Waals surface area (Å²) in [6.45, 7) is 7.55. The highest BCUT2D eigenvalue weighted by Gasteiger charge is 2.15. The van der Waals surface area contributed by atoms with Crippen molar-refractivity contribution in [3.8, 4) is 0 Å². The number of hydrogen-bond donors (Lipinski definition) is 2. The number of rotatable bonds is 6. The lowest BCUT2D eigenvalue weighted by molar-refractivity contribution is 0.0527. The van der Waals surface area contributed by atoms with Crippen molar-refractivity contribution in [2.24, 2.45) is 0 Å². The van der Waals surface area contributed by atoms with E-state index in [1.807, 2.05) is 32.9 Å². The summed E-state index contributed by atoms with van der Waals surface area (Å²) in [4.78, 5) is 11.4. The molecule has 1 aromatic rings. The molecule has 0 aliphatic heterocycles. The van der Waals surface area contributed by atoms with Crippen molar-refractivity contribution in [2.75, 3.05) is 13.1 Å². The standard InChI is InChI=1S/C15H22Cl2N2O2.ClH/c1-15(2,3)21-14(20)19-6-4-5-18-10-11-7-12(16)9-13(17)8-11;/h7-9,18H,4-6,10H2,1-3H3,(H,19,20);1H. The second-order valence-corrected chi connectivity index (χ2v) is 6.61. The highest BCUT2D eigenvalue weighted by Crippen LogP contribution is 2.18. The van der Waals surface area contributed by atoms with Gasteiger partial charge in [0.05, 0.1) is 0 Å². The third kappa shape index (κ3) is 10.1. The smallest absolute Gasteiger partial charge is 0.407 e. The van der Waals surface area contributed by atoms with Gasteiger partial charge in [0.2, 0.25) is 0 Å². The molecule has 1 amide bonds. The molecule has 7 heteroatoms. The van der Waals surface area contributed by atoms with Crippen molar-refractivity contribution < 1.29 is 9.53 Å². The molecule has 0 radical (unpaired) electrons. The van der Waals surface area contributed by atoms with E-state index in [1.165, 1.54) is 0 Å². The molecular formula is C15H23Cl3N2O2. The Hall–Kier alpha value is -0.680. The third-order valence-electron chi connectivity index (χ3n) is 2.45. The van der Waals surface area contributed by atoms with Crippen LogP contribution in [0.2, 0.25) is 10.0 Å². The van der Waals surface area contributed by atoms with Crippen molar-refractivity contribution in [3.05, 3.63) is 33.8 Å². The molecule has 0 aliphatic rings. The van der Waals surface area contributed by atoms with E-state index in [0.717, 1.165) is 18.5 Å². The molecule has 0 aromatic heterocycles. The van der Waals surface area contributed by atoms with Crippen LogP contribution in [0, 0.1) is 0 Å². The first-order valence-corrected chi connectivity index (χ1v) is 7.64. The molecule has 2 N–H and O–H groups in total. The minimum Gasteiger partial charge on any atom is -0.444 e. The Kier molecular flexibility index (Phi) is 9.85. The maximum absolute atomic E-state index is 11.4. The van der Waals surface area contributed by atoms with Crippen LogP contribution in [0.1, 0.15) is 32.8 Å². The summed E-state index contributed by atoms with van der Waals surface area (Å²) in [5, 5.41) is 7.24. The van der Waals surface area contributed by atoms with Crippen LogP contribution in [0.3, 0.4) is 0 Å². The summed E-state index contributed by atoms with van der Waals surface area (Å²) in [6, 6.07) is 5.45. The van der Waals surface area contributed by atoms with E-state index in [-0.39, 0.29) is 18.5 Å². The molecule has 0 fully saturated rings. The van der Waals surface area contributed by atoms with Crippen molar-refractivity contribution >= 4 is 41.7 Å². The molecule has 126 valence electrons. The maximum atomic E-state index is 11.4. The zero-order valence-corrected chi connectivity index (χ0v) is 15.4. The second kappa shape index (κ2) is 10.2. The van der Waals surface area contributed by atoms with Crippen molar-refractivity contribution in [2.45, 2.75) is 39.3 Å². The Morgan fingerprint density at radius 3 is 2.27 bits per heavy atom. The summed E-state index contributed by atoms with van der Waals surface area (Å²) in [5.41, 5.74) is 0.571. The molecular weight excluding hydrogens is 347 g/mol. The van der Waals surface area contributed by atoms with Crippen LogP contribution in [0.25, 0.3) is 0 Å². The Bertz CT molecular complexity index is 456. The van der Waals surface area contributed by atoms with Gasteiger partial charge in [-0.1, -0.05) is 23.2 Å².